The van der Waals surface area contributed by atoms with Crippen LogP contribution in [0.25, 0.3) is 0 Å². The van der Waals surface area contributed by atoms with E-state index in [0.29, 0.717) is 0 Å². The molecule has 174 valence electrons. The van der Waals surface area contributed by atoms with Crippen molar-refractivity contribution < 1.29 is 13.3 Å². The van der Waals surface area contributed by atoms with Crippen molar-refractivity contribution in [2.75, 3.05) is 52.5 Å². The lowest BCUT2D eigenvalue weighted by molar-refractivity contribution is 0.0547. The minimum atomic E-state index is -2.57. The van der Waals surface area contributed by atoms with Gasteiger partial charge in [0.25, 0.3) is 0 Å². The third-order valence-corrected chi connectivity index (χ3v) is 11.0. The van der Waals surface area contributed by atoms with Crippen molar-refractivity contribution in [2.24, 2.45) is 0 Å². The molecule has 0 spiro atoms. The Morgan fingerprint density at radius 2 is 1.10 bits per heavy atom. The van der Waals surface area contributed by atoms with Gasteiger partial charge >= 0.3 is 8.80 Å². The van der Waals surface area contributed by atoms with Crippen LogP contribution in [0.5, 0.6) is 0 Å². The van der Waals surface area contributed by atoms with Gasteiger partial charge < -0.3 is 22.7 Å². The fraction of sp³-hybridized carbons (Fsp3) is 1.00. The van der Waals surface area contributed by atoms with Gasteiger partial charge in [-0.05, 0) is 32.2 Å². The molecule has 0 aromatic heterocycles. The van der Waals surface area contributed by atoms with E-state index in [4.69, 9.17) is 13.3 Å². The molecule has 0 bridgehead atoms. The molecule has 0 amide bonds. The van der Waals surface area contributed by atoms with Crippen LogP contribution >= 0.6 is 0 Å². The summed E-state index contributed by atoms with van der Waals surface area (Å²) in [5, 5.41) is 0. The minimum absolute atomic E-state index is 0.774. The molecule has 1 heterocycles. The van der Waals surface area contributed by atoms with Gasteiger partial charge in [0.1, 0.15) is 8.24 Å². The van der Waals surface area contributed by atoms with E-state index in [1.165, 1.54) is 26.2 Å². The average molecular weight is 447 g/mol. The zero-order valence-electron chi connectivity index (χ0n) is 20.4. The first kappa shape index (κ1) is 27.3. The number of nitrogens with zero attached hydrogens (tertiary/aromatic N) is 2. The van der Waals surface area contributed by atoms with E-state index in [9.17, 15) is 0 Å². The predicted molar refractivity (Wildman–Crippen MR) is 129 cm³/mol. The molecular formula is C22H50N2O3Si2. The molecule has 0 unspecified atom stereocenters. The molecule has 1 aliphatic heterocycles. The van der Waals surface area contributed by atoms with Crippen LogP contribution in [0, 0.1) is 0 Å². The molecule has 29 heavy (non-hydrogen) atoms. The maximum Gasteiger partial charge on any atom is 0.501 e. The van der Waals surface area contributed by atoms with Crippen molar-refractivity contribution in [1.82, 2.24) is 9.47 Å². The van der Waals surface area contributed by atoms with Gasteiger partial charge in [0.15, 0.2) is 0 Å². The van der Waals surface area contributed by atoms with Crippen molar-refractivity contribution in [3.63, 3.8) is 0 Å². The van der Waals surface area contributed by atoms with Gasteiger partial charge in [0.2, 0.25) is 0 Å². The van der Waals surface area contributed by atoms with E-state index < -0.39 is 17.0 Å². The second-order valence-electron chi connectivity index (χ2n) is 9.39. The highest BCUT2D eigenvalue weighted by molar-refractivity contribution is 6.73. The summed E-state index contributed by atoms with van der Waals surface area (Å²) in [5.74, 6) is 0. The molecular weight excluding hydrogens is 396 g/mol. The Labute approximate surface area is 183 Å². The van der Waals surface area contributed by atoms with E-state index in [2.05, 4.69) is 49.9 Å². The summed E-state index contributed by atoms with van der Waals surface area (Å²) >= 11 is 0. The first-order valence-corrected chi connectivity index (χ1v) is 17.6. The van der Waals surface area contributed by atoms with Crippen molar-refractivity contribution in [3.05, 3.63) is 0 Å². The maximum atomic E-state index is 6.39. The predicted octanol–water partition coefficient (Wildman–Crippen LogP) is 5.22. The van der Waals surface area contributed by atoms with E-state index >= 15 is 0 Å². The second-order valence-corrected chi connectivity index (χ2v) is 17.1. The van der Waals surface area contributed by atoms with Crippen molar-refractivity contribution in [2.45, 2.75) is 91.4 Å². The Bertz CT molecular complexity index is 373. The van der Waals surface area contributed by atoms with Gasteiger partial charge in [0, 0.05) is 52.0 Å². The van der Waals surface area contributed by atoms with Crippen LogP contribution in [-0.2, 0) is 13.3 Å². The Balaban J connectivity index is 2.56. The number of unbranched alkanes of at least 4 members (excludes halogenated alkanes) is 3. The van der Waals surface area contributed by atoms with Gasteiger partial charge in [-0.15, -0.1) is 0 Å². The van der Waals surface area contributed by atoms with E-state index in [1.807, 2.05) is 0 Å². The Hall–Kier alpha value is 0.234. The van der Waals surface area contributed by atoms with Crippen LogP contribution in [0.15, 0.2) is 0 Å². The van der Waals surface area contributed by atoms with Crippen LogP contribution in [0.3, 0.4) is 0 Å². The van der Waals surface area contributed by atoms with E-state index in [0.717, 1.165) is 77.4 Å². The van der Waals surface area contributed by atoms with Crippen LogP contribution in [0.4, 0.5) is 0 Å². The maximum absolute atomic E-state index is 6.39. The quantitative estimate of drug-likeness (QED) is 0.226. The standard InChI is InChI=1S/C22H50N2O3Si2/c1-7-10-19-25-29(26-20-11-8-2,27-21-12-9-3)22-13-14-23-15-17-24(18-16-23)28(4,5)6/h7-22H2,1-6H3. The molecule has 0 aromatic carbocycles. The molecule has 1 rings (SSSR count). The Morgan fingerprint density at radius 3 is 1.48 bits per heavy atom. The second kappa shape index (κ2) is 15.1. The zero-order chi connectivity index (χ0) is 21.6. The SMILES string of the molecule is CCCCO[Si](CCCN1CCN([Si](C)(C)C)CC1)(OCCCC)OCCCC. The Morgan fingerprint density at radius 1 is 0.655 bits per heavy atom. The molecule has 7 heteroatoms. The van der Waals surface area contributed by atoms with Gasteiger partial charge in [-0.3, -0.25) is 0 Å². The molecule has 1 aliphatic rings. The number of hydrogen-bond acceptors (Lipinski definition) is 5. The van der Waals surface area contributed by atoms with Gasteiger partial charge in [-0.2, -0.15) is 0 Å². The first-order chi connectivity index (χ1) is 13.9. The normalized spacial score (nSPS) is 17.2. The summed E-state index contributed by atoms with van der Waals surface area (Å²) in [6.07, 6.45) is 7.82. The number of rotatable bonds is 17. The molecule has 0 N–H and O–H groups in total. The molecule has 0 radical (unpaired) electrons. The lowest BCUT2D eigenvalue weighted by Crippen LogP contribution is -2.56. The largest absolute Gasteiger partial charge is 0.501 e. The highest BCUT2D eigenvalue weighted by atomic mass is 28.4. The van der Waals surface area contributed by atoms with Crippen LogP contribution < -0.4 is 0 Å². The molecule has 0 atom stereocenters. The summed E-state index contributed by atoms with van der Waals surface area (Å²) in [6, 6.07) is 0.957. The lowest BCUT2D eigenvalue weighted by Gasteiger charge is -2.41. The topological polar surface area (TPSA) is 34.2 Å². The van der Waals surface area contributed by atoms with Crippen molar-refractivity contribution in [3.8, 4) is 0 Å². The highest BCUT2D eigenvalue weighted by Crippen LogP contribution is 2.21. The fourth-order valence-corrected chi connectivity index (χ4v) is 7.80. The zero-order valence-corrected chi connectivity index (χ0v) is 22.4. The summed E-state index contributed by atoms with van der Waals surface area (Å²) in [6.45, 7) is 22.3. The van der Waals surface area contributed by atoms with E-state index in [1.54, 1.807) is 0 Å². The minimum Gasteiger partial charge on any atom is -0.373 e. The molecule has 1 saturated heterocycles. The summed E-state index contributed by atoms with van der Waals surface area (Å²) in [7, 11) is -3.72. The molecule has 0 saturated carbocycles. The smallest absolute Gasteiger partial charge is 0.373 e. The molecule has 0 aromatic rings. The van der Waals surface area contributed by atoms with Gasteiger partial charge in [-0.1, -0.05) is 59.7 Å². The summed E-state index contributed by atoms with van der Waals surface area (Å²) < 4.78 is 21.9. The number of piperazine rings is 1. The molecule has 5 nitrogen and oxygen atoms in total. The third kappa shape index (κ3) is 11.4. The average Bonchev–Trinajstić information content (AvgIpc) is 2.68. The van der Waals surface area contributed by atoms with Crippen molar-refractivity contribution in [1.29, 1.82) is 0 Å². The summed E-state index contributed by atoms with van der Waals surface area (Å²) in [4.78, 5) is 2.62. The van der Waals surface area contributed by atoms with Crippen molar-refractivity contribution >= 4 is 17.0 Å². The van der Waals surface area contributed by atoms with E-state index in [-0.39, 0.29) is 0 Å². The summed E-state index contributed by atoms with van der Waals surface area (Å²) in [5.41, 5.74) is 0. The van der Waals surface area contributed by atoms with Crippen LogP contribution in [0.2, 0.25) is 25.7 Å². The van der Waals surface area contributed by atoms with Crippen LogP contribution in [-0.4, -0.2) is 79.0 Å². The molecule has 1 fully saturated rings. The third-order valence-electron chi connectivity index (χ3n) is 5.74. The number of hydrogen-bond donors (Lipinski definition) is 0. The van der Waals surface area contributed by atoms with Gasteiger partial charge in [-0.25, -0.2) is 0 Å². The Kier molecular flexibility index (Phi) is 14.2. The lowest BCUT2D eigenvalue weighted by atomic mass is 10.3. The monoisotopic (exact) mass is 446 g/mol. The van der Waals surface area contributed by atoms with Gasteiger partial charge in [0.05, 0.1) is 0 Å². The first-order valence-electron chi connectivity index (χ1n) is 12.3. The highest BCUT2D eigenvalue weighted by Gasteiger charge is 2.40. The molecule has 0 aliphatic carbocycles. The van der Waals surface area contributed by atoms with Crippen LogP contribution in [0.1, 0.15) is 65.7 Å². The fourth-order valence-electron chi connectivity index (χ4n) is 3.62.